The second-order valence-corrected chi connectivity index (χ2v) is 3.55. The molecule has 4 nitrogen and oxygen atoms in total. The highest BCUT2D eigenvalue weighted by atomic mass is 79.9. The first-order valence-electron chi connectivity index (χ1n) is 3.81. The Morgan fingerprint density at radius 2 is 2.21 bits per heavy atom. The first-order chi connectivity index (χ1) is 6.54. The molecule has 0 bridgehead atoms. The third kappa shape index (κ3) is 2.38. The van der Waals surface area contributed by atoms with Crippen molar-refractivity contribution in [3.8, 4) is 11.5 Å². The van der Waals surface area contributed by atoms with Crippen molar-refractivity contribution in [3.05, 3.63) is 22.2 Å². The average molecular weight is 261 g/mol. The summed E-state index contributed by atoms with van der Waals surface area (Å²) in [5, 5.41) is 18.0. The standard InChI is InChI=1S/C9H9BrO4/c1-14-9-6(10)2-5(3-7(9)11)4-8(12)13/h2-3,11H,4H2,1H3,(H,12,13). The van der Waals surface area contributed by atoms with Crippen LogP contribution in [0.2, 0.25) is 0 Å². The molecule has 76 valence electrons. The van der Waals surface area contributed by atoms with E-state index >= 15 is 0 Å². The lowest BCUT2D eigenvalue weighted by Crippen LogP contribution is -2.00. The molecule has 0 amide bonds. The molecule has 0 heterocycles. The fraction of sp³-hybridized carbons (Fsp3) is 0.222. The van der Waals surface area contributed by atoms with Crippen molar-refractivity contribution >= 4 is 21.9 Å². The lowest BCUT2D eigenvalue weighted by Gasteiger charge is -2.07. The topological polar surface area (TPSA) is 66.8 Å². The van der Waals surface area contributed by atoms with E-state index in [4.69, 9.17) is 9.84 Å². The Morgan fingerprint density at radius 3 is 2.64 bits per heavy atom. The molecule has 14 heavy (non-hydrogen) atoms. The van der Waals surface area contributed by atoms with Crippen LogP contribution in [0.15, 0.2) is 16.6 Å². The number of carbonyl (C=O) groups is 1. The maximum absolute atomic E-state index is 10.4. The van der Waals surface area contributed by atoms with Crippen molar-refractivity contribution in [2.45, 2.75) is 6.42 Å². The van der Waals surface area contributed by atoms with Gasteiger partial charge in [-0.05, 0) is 33.6 Å². The van der Waals surface area contributed by atoms with Crippen molar-refractivity contribution in [2.75, 3.05) is 7.11 Å². The lowest BCUT2D eigenvalue weighted by molar-refractivity contribution is -0.136. The molecule has 0 spiro atoms. The number of benzene rings is 1. The van der Waals surface area contributed by atoms with Gasteiger partial charge in [-0.1, -0.05) is 0 Å². The molecule has 0 saturated heterocycles. The van der Waals surface area contributed by atoms with Gasteiger partial charge in [-0.25, -0.2) is 0 Å². The molecule has 1 aromatic carbocycles. The fourth-order valence-electron chi connectivity index (χ4n) is 1.11. The van der Waals surface area contributed by atoms with E-state index in [1.807, 2.05) is 0 Å². The van der Waals surface area contributed by atoms with Crippen molar-refractivity contribution in [1.82, 2.24) is 0 Å². The number of methoxy groups -OCH3 is 1. The molecule has 0 aromatic heterocycles. The molecular weight excluding hydrogens is 252 g/mol. The Hall–Kier alpha value is -1.23. The van der Waals surface area contributed by atoms with Crippen LogP contribution in [0, 0.1) is 0 Å². The fourth-order valence-corrected chi connectivity index (χ4v) is 1.77. The van der Waals surface area contributed by atoms with Gasteiger partial charge in [0.05, 0.1) is 18.0 Å². The monoisotopic (exact) mass is 260 g/mol. The van der Waals surface area contributed by atoms with E-state index in [-0.39, 0.29) is 12.2 Å². The number of carboxylic acid groups (broad SMARTS) is 1. The molecule has 0 aliphatic heterocycles. The number of aromatic hydroxyl groups is 1. The quantitative estimate of drug-likeness (QED) is 0.870. The van der Waals surface area contributed by atoms with Gasteiger partial charge >= 0.3 is 5.97 Å². The molecule has 2 N–H and O–H groups in total. The van der Waals surface area contributed by atoms with E-state index in [0.29, 0.717) is 15.8 Å². The summed E-state index contributed by atoms with van der Waals surface area (Å²) in [6.45, 7) is 0. The Bertz CT molecular complexity index is 339. The number of rotatable bonds is 3. The zero-order valence-electron chi connectivity index (χ0n) is 7.45. The van der Waals surface area contributed by atoms with E-state index in [9.17, 15) is 9.90 Å². The Morgan fingerprint density at radius 1 is 1.57 bits per heavy atom. The molecular formula is C9H9BrO4. The lowest BCUT2D eigenvalue weighted by atomic mass is 10.1. The predicted octanol–water partition coefficient (Wildman–Crippen LogP) is 1.79. The van der Waals surface area contributed by atoms with Gasteiger partial charge in [-0.3, -0.25) is 4.79 Å². The molecule has 0 aliphatic rings. The van der Waals surface area contributed by atoms with Gasteiger partial charge in [0, 0.05) is 0 Å². The summed E-state index contributed by atoms with van der Waals surface area (Å²) in [5.74, 6) is -0.710. The zero-order valence-corrected chi connectivity index (χ0v) is 9.04. The van der Waals surface area contributed by atoms with E-state index in [1.165, 1.54) is 13.2 Å². The predicted molar refractivity (Wildman–Crippen MR) is 53.7 cm³/mol. The number of halogens is 1. The number of phenols is 1. The van der Waals surface area contributed by atoms with Gasteiger partial charge in [0.25, 0.3) is 0 Å². The number of phenolic OH excluding ortho intramolecular Hbond substituents is 1. The molecule has 0 radical (unpaired) electrons. The number of hydrogen-bond donors (Lipinski definition) is 2. The summed E-state index contributed by atoms with van der Waals surface area (Å²) in [6, 6.07) is 2.98. The second-order valence-electron chi connectivity index (χ2n) is 2.70. The highest BCUT2D eigenvalue weighted by molar-refractivity contribution is 9.10. The van der Waals surface area contributed by atoms with Crippen LogP contribution in [0.25, 0.3) is 0 Å². The minimum atomic E-state index is -0.943. The van der Waals surface area contributed by atoms with E-state index < -0.39 is 5.97 Å². The average Bonchev–Trinajstić information content (AvgIpc) is 2.01. The maximum atomic E-state index is 10.4. The molecule has 0 aliphatic carbocycles. The molecule has 0 saturated carbocycles. The summed E-state index contributed by atoms with van der Waals surface area (Å²) in [7, 11) is 1.43. The molecule has 1 rings (SSSR count). The van der Waals surface area contributed by atoms with Crippen molar-refractivity contribution in [3.63, 3.8) is 0 Å². The van der Waals surface area contributed by atoms with Gasteiger partial charge in [0.15, 0.2) is 11.5 Å². The highest BCUT2D eigenvalue weighted by Gasteiger charge is 2.10. The largest absolute Gasteiger partial charge is 0.504 e. The minimum absolute atomic E-state index is 0.0712. The van der Waals surface area contributed by atoms with E-state index in [1.54, 1.807) is 6.07 Å². The zero-order chi connectivity index (χ0) is 10.7. The molecule has 1 aromatic rings. The Balaban J connectivity index is 3.07. The van der Waals surface area contributed by atoms with Gasteiger partial charge < -0.3 is 14.9 Å². The summed E-state index contributed by atoms with van der Waals surface area (Å²) in [6.07, 6.45) is -0.129. The van der Waals surface area contributed by atoms with Crippen molar-refractivity contribution < 1.29 is 19.7 Å². The SMILES string of the molecule is COc1c(O)cc(CC(=O)O)cc1Br. The van der Waals surface area contributed by atoms with Crippen LogP contribution in [-0.4, -0.2) is 23.3 Å². The van der Waals surface area contributed by atoms with Crippen LogP contribution in [0.4, 0.5) is 0 Å². The molecule has 0 atom stereocenters. The molecule has 5 heteroatoms. The van der Waals surface area contributed by atoms with Crippen LogP contribution < -0.4 is 4.74 Å². The van der Waals surface area contributed by atoms with Gasteiger partial charge in [-0.15, -0.1) is 0 Å². The van der Waals surface area contributed by atoms with Gasteiger partial charge in [-0.2, -0.15) is 0 Å². The Kier molecular flexibility index (Phi) is 3.35. The second kappa shape index (κ2) is 4.32. The number of hydrogen-bond acceptors (Lipinski definition) is 3. The van der Waals surface area contributed by atoms with Crippen LogP contribution >= 0.6 is 15.9 Å². The third-order valence-electron chi connectivity index (χ3n) is 1.64. The van der Waals surface area contributed by atoms with Gasteiger partial charge in [0.1, 0.15) is 0 Å². The summed E-state index contributed by atoms with van der Waals surface area (Å²) in [5.41, 5.74) is 0.516. The van der Waals surface area contributed by atoms with Crippen LogP contribution in [0.1, 0.15) is 5.56 Å². The Labute approximate surface area is 89.3 Å². The smallest absolute Gasteiger partial charge is 0.307 e. The first kappa shape index (κ1) is 10.8. The summed E-state index contributed by atoms with van der Waals surface area (Å²) < 4.78 is 5.43. The summed E-state index contributed by atoms with van der Waals surface area (Å²) in [4.78, 5) is 10.4. The maximum Gasteiger partial charge on any atom is 0.307 e. The van der Waals surface area contributed by atoms with Crippen molar-refractivity contribution in [1.29, 1.82) is 0 Å². The normalized spacial score (nSPS) is 9.86. The van der Waals surface area contributed by atoms with E-state index in [2.05, 4.69) is 15.9 Å². The van der Waals surface area contributed by atoms with Crippen LogP contribution in [0.5, 0.6) is 11.5 Å². The molecule has 0 fully saturated rings. The number of ether oxygens (including phenoxy) is 1. The number of carboxylic acids is 1. The molecule has 0 unspecified atom stereocenters. The van der Waals surface area contributed by atoms with E-state index in [0.717, 1.165) is 0 Å². The summed E-state index contributed by atoms with van der Waals surface area (Å²) >= 11 is 3.17. The number of aliphatic carboxylic acids is 1. The first-order valence-corrected chi connectivity index (χ1v) is 4.61. The van der Waals surface area contributed by atoms with Gasteiger partial charge in [0.2, 0.25) is 0 Å². The minimum Gasteiger partial charge on any atom is -0.504 e. The third-order valence-corrected chi connectivity index (χ3v) is 2.23. The van der Waals surface area contributed by atoms with Crippen LogP contribution in [-0.2, 0) is 11.2 Å². The van der Waals surface area contributed by atoms with Crippen molar-refractivity contribution in [2.24, 2.45) is 0 Å². The highest BCUT2D eigenvalue weighted by Crippen LogP contribution is 2.35. The van der Waals surface area contributed by atoms with Crippen LogP contribution in [0.3, 0.4) is 0 Å².